The molecule has 19 heavy (non-hydrogen) atoms. The van der Waals surface area contributed by atoms with Gasteiger partial charge in [-0.1, -0.05) is 11.6 Å². The molecule has 1 atom stereocenters. The van der Waals surface area contributed by atoms with Gasteiger partial charge in [-0.05, 0) is 25.5 Å². The number of aromatic nitrogens is 1. The standard InChI is InChI=1S/C12H13ClF3NO2/c1-7(19-2)3-5-9(18)8-4-6-10(12(14,15)16)17-11(8)13/h4,6-7H,3,5H2,1-2H3. The van der Waals surface area contributed by atoms with Crippen LogP contribution >= 0.6 is 11.6 Å². The number of halogens is 4. The molecule has 0 aliphatic heterocycles. The van der Waals surface area contributed by atoms with Gasteiger partial charge >= 0.3 is 6.18 Å². The molecule has 0 radical (unpaired) electrons. The summed E-state index contributed by atoms with van der Waals surface area (Å²) >= 11 is 5.62. The second-order valence-corrected chi connectivity index (χ2v) is 4.40. The van der Waals surface area contributed by atoms with E-state index in [1.165, 1.54) is 7.11 Å². The smallest absolute Gasteiger partial charge is 0.382 e. The van der Waals surface area contributed by atoms with Crippen molar-refractivity contribution in [2.24, 2.45) is 0 Å². The van der Waals surface area contributed by atoms with Gasteiger partial charge in [-0.2, -0.15) is 13.2 Å². The molecule has 1 heterocycles. The summed E-state index contributed by atoms with van der Waals surface area (Å²) in [6.45, 7) is 1.79. The zero-order chi connectivity index (χ0) is 14.6. The van der Waals surface area contributed by atoms with Gasteiger partial charge in [-0.15, -0.1) is 0 Å². The van der Waals surface area contributed by atoms with Gasteiger partial charge in [0.25, 0.3) is 0 Å². The molecule has 1 rings (SSSR count). The number of hydrogen-bond donors (Lipinski definition) is 0. The first kappa shape index (κ1) is 15.9. The summed E-state index contributed by atoms with van der Waals surface area (Å²) in [5.41, 5.74) is -1.11. The zero-order valence-electron chi connectivity index (χ0n) is 10.4. The monoisotopic (exact) mass is 295 g/mol. The topological polar surface area (TPSA) is 39.2 Å². The van der Waals surface area contributed by atoms with Crippen molar-refractivity contribution in [1.29, 1.82) is 0 Å². The minimum absolute atomic E-state index is 0.00188. The molecule has 7 heteroatoms. The van der Waals surface area contributed by atoms with E-state index in [4.69, 9.17) is 16.3 Å². The SMILES string of the molecule is COC(C)CCC(=O)c1ccc(C(F)(F)F)nc1Cl. The molecule has 3 nitrogen and oxygen atoms in total. The van der Waals surface area contributed by atoms with Crippen LogP contribution in [0.5, 0.6) is 0 Å². The molecule has 0 aliphatic rings. The second kappa shape index (κ2) is 6.34. The van der Waals surface area contributed by atoms with Crippen molar-refractivity contribution >= 4 is 17.4 Å². The summed E-state index contributed by atoms with van der Waals surface area (Å²) in [7, 11) is 1.52. The molecular weight excluding hydrogens is 283 g/mol. The number of rotatable bonds is 5. The fourth-order valence-corrected chi connectivity index (χ4v) is 1.65. The average molecular weight is 296 g/mol. The minimum Gasteiger partial charge on any atom is -0.382 e. The third-order valence-corrected chi connectivity index (χ3v) is 2.91. The Morgan fingerprint density at radius 1 is 1.47 bits per heavy atom. The fourth-order valence-electron chi connectivity index (χ4n) is 1.39. The van der Waals surface area contributed by atoms with Crippen molar-refractivity contribution in [2.75, 3.05) is 7.11 Å². The third kappa shape index (κ3) is 4.47. The Morgan fingerprint density at radius 2 is 2.11 bits per heavy atom. The first-order chi connectivity index (χ1) is 8.75. The molecule has 0 amide bonds. The highest BCUT2D eigenvalue weighted by Crippen LogP contribution is 2.29. The third-order valence-electron chi connectivity index (χ3n) is 2.62. The van der Waals surface area contributed by atoms with E-state index in [1.54, 1.807) is 6.92 Å². The number of ether oxygens (including phenoxy) is 1. The molecular formula is C12H13ClF3NO2. The van der Waals surface area contributed by atoms with E-state index in [-0.39, 0.29) is 23.9 Å². The Bertz CT molecular complexity index is 463. The maximum absolute atomic E-state index is 12.4. The molecule has 0 saturated heterocycles. The highest BCUT2D eigenvalue weighted by atomic mass is 35.5. The quantitative estimate of drug-likeness (QED) is 0.613. The van der Waals surface area contributed by atoms with Crippen LogP contribution in [0, 0.1) is 0 Å². The van der Waals surface area contributed by atoms with E-state index >= 15 is 0 Å². The molecule has 0 N–H and O–H groups in total. The number of hydrogen-bond acceptors (Lipinski definition) is 3. The molecule has 0 saturated carbocycles. The number of methoxy groups -OCH3 is 1. The Hall–Kier alpha value is -1.14. The summed E-state index contributed by atoms with van der Waals surface area (Å²) in [6.07, 6.45) is -4.07. The lowest BCUT2D eigenvalue weighted by molar-refractivity contribution is -0.141. The molecule has 0 fully saturated rings. The van der Waals surface area contributed by atoms with Gasteiger partial charge in [0.2, 0.25) is 0 Å². The summed E-state index contributed by atoms with van der Waals surface area (Å²) < 4.78 is 42.1. The van der Waals surface area contributed by atoms with Crippen molar-refractivity contribution in [3.8, 4) is 0 Å². The maximum atomic E-state index is 12.4. The van der Waals surface area contributed by atoms with Crippen LogP contribution in [0.1, 0.15) is 35.8 Å². The fraction of sp³-hybridized carbons (Fsp3) is 0.500. The normalized spacial score (nSPS) is 13.4. The van der Waals surface area contributed by atoms with Gasteiger partial charge < -0.3 is 4.74 Å². The van der Waals surface area contributed by atoms with Crippen LogP contribution < -0.4 is 0 Å². The number of carbonyl (C=O) groups is 1. The largest absolute Gasteiger partial charge is 0.433 e. The summed E-state index contributed by atoms with van der Waals surface area (Å²) in [4.78, 5) is 15.0. The lowest BCUT2D eigenvalue weighted by atomic mass is 10.1. The Kier molecular flexibility index (Phi) is 5.31. The van der Waals surface area contributed by atoms with Crippen LogP contribution in [0.3, 0.4) is 0 Å². The highest BCUT2D eigenvalue weighted by molar-refractivity contribution is 6.32. The first-order valence-electron chi connectivity index (χ1n) is 5.55. The molecule has 106 valence electrons. The minimum atomic E-state index is -4.57. The zero-order valence-corrected chi connectivity index (χ0v) is 11.2. The van der Waals surface area contributed by atoms with Gasteiger partial charge in [0.1, 0.15) is 10.8 Å². The lowest BCUT2D eigenvalue weighted by Gasteiger charge is -2.10. The van der Waals surface area contributed by atoms with Gasteiger partial charge in [0, 0.05) is 13.5 Å². The van der Waals surface area contributed by atoms with Crippen molar-refractivity contribution in [1.82, 2.24) is 4.98 Å². The van der Waals surface area contributed by atoms with Crippen molar-refractivity contribution in [2.45, 2.75) is 32.0 Å². The Labute approximate surface area is 113 Å². The van der Waals surface area contributed by atoms with Crippen LogP contribution in [-0.4, -0.2) is 24.0 Å². The number of pyridine rings is 1. The molecule has 0 aromatic carbocycles. The summed E-state index contributed by atoms with van der Waals surface area (Å²) in [5.74, 6) is -0.352. The van der Waals surface area contributed by atoms with Crippen LogP contribution in [0.4, 0.5) is 13.2 Å². The predicted octanol–water partition coefficient (Wildman–Crippen LogP) is 3.75. The van der Waals surface area contributed by atoms with Gasteiger partial charge in [0.15, 0.2) is 5.78 Å². The molecule has 0 spiro atoms. The molecule has 1 aromatic heterocycles. The maximum Gasteiger partial charge on any atom is 0.433 e. The van der Waals surface area contributed by atoms with Gasteiger partial charge in [0.05, 0.1) is 11.7 Å². The van der Waals surface area contributed by atoms with Crippen LogP contribution in [0.15, 0.2) is 12.1 Å². The van der Waals surface area contributed by atoms with Crippen LogP contribution in [0.25, 0.3) is 0 Å². The molecule has 1 aromatic rings. The molecule has 0 bridgehead atoms. The van der Waals surface area contributed by atoms with E-state index in [2.05, 4.69) is 4.98 Å². The van der Waals surface area contributed by atoms with Crippen molar-refractivity contribution in [3.63, 3.8) is 0 Å². The average Bonchev–Trinajstić information content (AvgIpc) is 2.34. The number of carbonyl (C=O) groups excluding carboxylic acids is 1. The first-order valence-corrected chi connectivity index (χ1v) is 5.93. The van der Waals surface area contributed by atoms with Crippen molar-refractivity contribution in [3.05, 3.63) is 28.5 Å². The predicted molar refractivity (Wildman–Crippen MR) is 64.3 cm³/mol. The lowest BCUT2D eigenvalue weighted by Crippen LogP contribution is -2.12. The van der Waals surface area contributed by atoms with Crippen LogP contribution in [0.2, 0.25) is 5.15 Å². The number of nitrogens with zero attached hydrogens (tertiary/aromatic N) is 1. The van der Waals surface area contributed by atoms with E-state index in [9.17, 15) is 18.0 Å². The Morgan fingerprint density at radius 3 is 2.58 bits per heavy atom. The Balaban J connectivity index is 2.82. The van der Waals surface area contributed by atoms with Gasteiger partial charge in [-0.25, -0.2) is 4.98 Å². The number of ketones is 1. The van der Waals surface area contributed by atoms with E-state index in [0.29, 0.717) is 6.42 Å². The van der Waals surface area contributed by atoms with Crippen molar-refractivity contribution < 1.29 is 22.7 Å². The van der Waals surface area contributed by atoms with E-state index in [0.717, 1.165) is 12.1 Å². The number of Topliss-reactive ketones (excluding diaryl/α,β-unsaturated/α-hetero) is 1. The summed E-state index contributed by atoms with van der Waals surface area (Å²) in [5, 5.41) is -0.426. The molecule has 0 aliphatic carbocycles. The number of alkyl halides is 3. The van der Waals surface area contributed by atoms with E-state index in [1.807, 2.05) is 0 Å². The van der Waals surface area contributed by atoms with Crippen LogP contribution in [-0.2, 0) is 10.9 Å². The molecule has 1 unspecified atom stereocenters. The van der Waals surface area contributed by atoms with E-state index < -0.39 is 17.0 Å². The second-order valence-electron chi connectivity index (χ2n) is 4.04. The summed E-state index contributed by atoms with van der Waals surface area (Å²) in [6, 6.07) is 1.80. The van der Waals surface area contributed by atoms with Gasteiger partial charge in [-0.3, -0.25) is 4.79 Å². The highest BCUT2D eigenvalue weighted by Gasteiger charge is 2.33.